The van der Waals surface area contributed by atoms with Crippen LogP contribution in [0.4, 0.5) is 0 Å². The zero-order chi connectivity index (χ0) is 16.6. The van der Waals surface area contributed by atoms with Crippen molar-refractivity contribution < 1.29 is 4.79 Å². The molecule has 4 nitrogen and oxygen atoms in total. The summed E-state index contributed by atoms with van der Waals surface area (Å²) in [5.41, 5.74) is 3.37. The Balaban J connectivity index is 1.81. The molecule has 1 aromatic carbocycles. The van der Waals surface area contributed by atoms with Crippen LogP contribution in [0.5, 0.6) is 0 Å². The molecule has 122 valence electrons. The minimum Gasteiger partial charge on any atom is -0.338 e. The van der Waals surface area contributed by atoms with Gasteiger partial charge in [0.1, 0.15) is 0 Å². The Hall–Kier alpha value is -1.81. The number of carbonyl (C=O) groups excluding carboxylic acids is 1. The minimum absolute atomic E-state index is 0.120. The van der Waals surface area contributed by atoms with Gasteiger partial charge >= 0.3 is 0 Å². The number of amides is 1. The molecule has 1 amide bonds. The van der Waals surface area contributed by atoms with Crippen molar-refractivity contribution in [3.05, 3.63) is 46.2 Å². The van der Waals surface area contributed by atoms with Crippen molar-refractivity contribution in [1.29, 1.82) is 0 Å². The molecule has 2 aromatic rings. The molecular weight excluding hydrogens is 310 g/mol. The molecule has 5 heteroatoms. The van der Waals surface area contributed by atoms with Crippen LogP contribution in [0.15, 0.2) is 24.3 Å². The van der Waals surface area contributed by atoms with Crippen molar-refractivity contribution in [2.45, 2.75) is 33.6 Å². The molecule has 0 spiro atoms. The minimum atomic E-state index is 0.120. The van der Waals surface area contributed by atoms with Crippen molar-refractivity contribution in [3.63, 3.8) is 0 Å². The van der Waals surface area contributed by atoms with Crippen LogP contribution in [0, 0.1) is 19.8 Å². The van der Waals surface area contributed by atoms with Crippen LogP contribution in [-0.2, 0) is 0 Å². The number of aryl methyl sites for hydroxylation is 1. The zero-order valence-corrected chi connectivity index (χ0v) is 14.6. The highest BCUT2D eigenvalue weighted by molar-refractivity contribution is 6.31. The predicted molar refractivity (Wildman–Crippen MR) is 92.3 cm³/mol. The molecule has 0 N–H and O–H groups in total. The number of benzene rings is 1. The molecule has 1 unspecified atom stereocenters. The van der Waals surface area contributed by atoms with E-state index in [4.69, 9.17) is 11.6 Å². The summed E-state index contributed by atoms with van der Waals surface area (Å²) in [4.78, 5) is 14.6. The molecule has 1 aromatic heterocycles. The molecule has 0 saturated carbocycles. The van der Waals surface area contributed by atoms with Gasteiger partial charge in [0, 0.05) is 18.7 Å². The van der Waals surface area contributed by atoms with Crippen molar-refractivity contribution in [1.82, 2.24) is 14.7 Å². The molecule has 0 radical (unpaired) electrons. The van der Waals surface area contributed by atoms with E-state index >= 15 is 0 Å². The molecule has 1 aliphatic heterocycles. The van der Waals surface area contributed by atoms with E-state index in [1.54, 1.807) is 0 Å². The highest BCUT2D eigenvalue weighted by Crippen LogP contribution is 2.23. The molecule has 2 heterocycles. The van der Waals surface area contributed by atoms with Gasteiger partial charge in [-0.05, 0) is 56.9 Å². The Labute approximate surface area is 142 Å². The quantitative estimate of drug-likeness (QED) is 0.833. The van der Waals surface area contributed by atoms with Crippen molar-refractivity contribution in [2.24, 2.45) is 5.92 Å². The topological polar surface area (TPSA) is 38.1 Å². The summed E-state index contributed by atoms with van der Waals surface area (Å²) >= 11 is 6.20. The van der Waals surface area contributed by atoms with Gasteiger partial charge < -0.3 is 4.90 Å². The smallest absolute Gasteiger partial charge is 0.253 e. The van der Waals surface area contributed by atoms with Gasteiger partial charge in [0.25, 0.3) is 5.91 Å². The summed E-state index contributed by atoms with van der Waals surface area (Å²) in [7, 11) is 0. The number of aromatic nitrogens is 2. The Bertz CT molecular complexity index is 721. The fraction of sp³-hybridized carbons (Fsp3) is 0.444. The van der Waals surface area contributed by atoms with Crippen LogP contribution >= 0.6 is 11.6 Å². The SMILES string of the molecule is Cc1nn(-c2ccc(C(=O)N3CCCC(C)C3)cc2)c(C)c1Cl. The first kappa shape index (κ1) is 16.1. The Morgan fingerprint density at radius 2 is 1.96 bits per heavy atom. The van der Waals surface area contributed by atoms with Crippen LogP contribution in [0.1, 0.15) is 41.5 Å². The largest absolute Gasteiger partial charge is 0.338 e. The number of hydrogen-bond donors (Lipinski definition) is 0. The maximum Gasteiger partial charge on any atom is 0.253 e. The monoisotopic (exact) mass is 331 g/mol. The number of carbonyl (C=O) groups is 1. The lowest BCUT2D eigenvalue weighted by Gasteiger charge is -2.31. The van der Waals surface area contributed by atoms with Gasteiger partial charge in [-0.15, -0.1) is 0 Å². The second-order valence-electron chi connectivity index (χ2n) is 6.44. The van der Waals surface area contributed by atoms with Gasteiger partial charge in [-0.1, -0.05) is 18.5 Å². The van der Waals surface area contributed by atoms with Crippen molar-refractivity contribution in [3.8, 4) is 5.69 Å². The van der Waals surface area contributed by atoms with Crippen LogP contribution < -0.4 is 0 Å². The maximum atomic E-state index is 12.6. The molecule has 0 bridgehead atoms. The highest BCUT2D eigenvalue weighted by Gasteiger charge is 2.22. The van der Waals surface area contributed by atoms with Gasteiger partial charge in [-0.2, -0.15) is 5.10 Å². The third-order valence-electron chi connectivity index (χ3n) is 4.51. The fourth-order valence-corrected chi connectivity index (χ4v) is 3.29. The van der Waals surface area contributed by atoms with E-state index in [9.17, 15) is 4.79 Å². The van der Waals surface area contributed by atoms with E-state index in [0.29, 0.717) is 10.9 Å². The van der Waals surface area contributed by atoms with E-state index in [2.05, 4.69) is 12.0 Å². The number of rotatable bonds is 2. The van der Waals surface area contributed by atoms with Crippen LogP contribution in [-0.4, -0.2) is 33.7 Å². The van der Waals surface area contributed by atoms with E-state index in [1.807, 2.05) is 47.7 Å². The van der Waals surface area contributed by atoms with Crippen LogP contribution in [0.25, 0.3) is 5.69 Å². The predicted octanol–water partition coefficient (Wildman–Crippen LogP) is 4.01. The highest BCUT2D eigenvalue weighted by atomic mass is 35.5. The number of hydrogen-bond acceptors (Lipinski definition) is 2. The van der Waals surface area contributed by atoms with Crippen molar-refractivity contribution >= 4 is 17.5 Å². The summed E-state index contributed by atoms with van der Waals surface area (Å²) < 4.78 is 1.81. The van der Waals surface area contributed by atoms with Gasteiger partial charge in [0.05, 0.1) is 22.1 Å². The van der Waals surface area contributed by atoms with E-state index < -0.39 is 0 Å². The first-order valence-electron chi connectivity index (χ1n) is 8.09. The van der Waals surface area contributed by atoms with Gasteiger partial charge in [0.2, 0.25) is 0 Å². The molecular formula is C18H22ClN3O. The van der Waals surface area contributed by atoms with E-state index in [1.165, 1.54) is 6.42 Å². The summed E-state index contributed by atoms with van der Waals surface area (Å²) in [6, 6.07) is 7.61. The fourth-order valence-electron chi connectivity index (χ4n) is 3.18. The first-order chi connectivity index (χ1) is 11.0. The van der Waals surface area contributed by atoms with Gasteiger partial charge in [-0.25, -0.2) is 4.68 Å². The lowest BCUT2D eigenvalue weighted by Crippen LogP contribution is -2.39. The van der Waals surface area contributed by atoms with Crippen molar-refractivity contribution in [2.75, 3.05) is 13.1 Å². The second-order valence-corrected chi connectivity index (χ2v) is 6.82. The number of likely N-dealkylation sites (tertiary alicyclic amines) is 1. The van der Waals surface area contributed by atoms with Crippen LogP contribution in [0.2, 0.25) is 5.02 Å². The molecule has 1 aliphatic rings. The molecule has 0 aliphatic carbocycles. The third kappa shape index (κ3) is 3.13. The normalized spacial score (nSPS) is 18.3. The maximum absolute atomic E-state index is 12.6. The summed E-state index contributed by atoms with van der Waals surface area (Å²) in [6.45, 7) is 7.75. The van der Waals surface area contributed by atoms with E-state index in [0.717, 1.165) is 42.1 Å². The second kappa shape index (κ2) is 6.36. The zero-order valence-electron chi connectivity index (χ0n) is 13.8. The van der Waals surface area contributed by atoms with E-state index in [-0.39, 0.29) is 5.91 Å². The first-order valence-corrected chi connectivity index (χ1v) is 8.46. The number of piperidine rings is 1. The number of halogens is 1. The number of nitrogens with zero attached hydrogens (tertiary/aromatic N) is 3. The molecule has 23 heavy (non-hydrogen) atoms. The van der Waals surface area contributed by atoms with Gasteiger partial charge in [0.15, 0.2) is 0 Å². The Kier molecular flexibility index (Phi) is 4.44. The molecule has 1 saturated heterocycles. The van der Waals surface area contributed by atoms with Gasteiger partial charge in [-0.3, -0.25) is 4.79 Å². The Morgan fingerprint density at radius 3 is 2.52 bits per heavy atom. The lowest BCUT2D eigenvalue weighted by atomic mass is 9.99. The average Bonchev–Trinajstić information content (AvgIpc) is 2.82. The van der Waals surface area contributed by atoms with Crippen LogP contribution in [0.3, 0.4) is 0 Å². The molecule has 3 rings (SSSR count). The summed E-state index contributed by atoms with van der Waals surface area (Å²) in [6.07, 6.45) is 2.30. The molecule has 1 fully saturated rings. The lowest BCUT2D eigenvalue weighted by molar-refractivity contribution is 0.0683. The Morgan fingerprint density at radius 1 is 1.26 bits per heavy atom. The molecule has 1 atom stereocenters. The summed E-state index contributed by atoms with van der Waals surface area (Å²) in [5.74, 6) is 0.707. The average molecular weight is 332 g/mol. The summed E-state index contributed by atoms with van der Waals surface area (Å²) in [5, 5.41) is 5.13. The standard InChI is InChI=1S/C18H22ClN3O/c1-12-5-4-10-21(11-12)18(23)15-6-8-16(9-7-15)22-14(3)17(19)13(2)20-22/h6-9,12H,4-5,10-11H2,1-3H3. The third-order valence-corrected chi connectivity index (χ3v) is 5.05.